The minimum Gasteiger partial charge on any atom is -0.460 e. The van der Waals surface area contributed by atoms with Gasteiger partial charge in [-0.3, -0.25) is 14.5 Å². The molecule has 2 amide bonds. The van der Waals surface area contributed by atoms with E-state index in [1.54, 1.807) is 9.80 Å². The summed E-state index contributed by atoms with van der Waals surface area (Å²) < 4.78 is 23.2. The third-order valence-corrected chi connectivity index (χ3v) is 11.6. The lowest BCUT2D eigenvalue weighted by Crippen LogP contribution is -2.40. The Bertz CT molecular complexity index is 1870. The van der Waals surface area contributed by atoms with Crippen LogP contribution in [0, 0.1) is 23.7 Å². The van der Waals surface area contributed by atoms with Crippen molar-refractivity contribution in [3.63, 3.8) is 0 Å². The van der Waals surface area contributed by atoms with Gasteiger partial charge >= 0.3 is 24.1 Å². The van der Waals surface area contributed by atoms with Crippen LogP contribution in [-0.2, 0) is 47.9 Å². The number of rotatable bonds is 11. The molecule has 0 spiro atoms. The maximum Gasteiger partial charge on any atom is 0.410 e. The molecule has 6 atom stereocenters. The minimum atomic E-state index is -0.655. The van der Waals surface area contributed by atoms with Crippen LogP contribution in [-0.4, -0.2) is 105 Å². The van der Waals surface area contributed by atoms with Crippen LogP contribution in [0.5, 0.6) is 0 Å². The molecule has 0 aromatic heterocycles. The highest BCUT2D eigenvalue weighted by molar-refractivity contribution is 5.75. The predicted octanol–water partition coefficient (Wildman–Crippen LogP) is 8.90. The van der Waals surface area contributed by atoms with Gasteiger partial charge in [0.2, 0.25) is 0 Å². The van der Waals surface area contributed by atoms with E-state index < -0.39 is 40.3 Å². The summed E-state index contributed by atoms with van der Waals surface area (Å²) in [5, 5.41) is 10.9. The topological polar surface area (TPSA) is 135 Å². The third kappa shape index (κ3) is 14.7. The fourth-order valence-corrected chi connectivity index (χ4v) is 8.95. The lowest BCUT2D eigenvalue weighted by atomic mass is 9.84. The highest BCUT2D eigenvalue weighted by atomic mass is 16.6. The number of aliphatic hydroxyl groups is 1. The quantitative estimate of drug-likeness (QED) is 0.172. The van der Waals surface area contributed by atoms with Crippen LogP contribution in [0.25, 0.3) is 0 Å². The monoisotopic (exact) mass is 862 g/mol. The molecule has 3 saturated heterocycles. The third-order valence-electron chi connectivity index (χ3n) is 11.6. The first-order chi connectivity index (χ1) is 28.7. The van der Waals surface area contributed by atoms with Gasteiger partial charge in [-0.2, -0.15) is 0 Å². The Morgan fingerprint density at radius 1 is 0.581 bits per heavy atom. The average molecular weight is 862 g/mol. The molecule has 0 aliphatic carbocycles. The molecular formula is C50H75N3O9. The number of β-amino-alcohol motifs (C(OH)–C–C–N with tert-alkyl or cyclic N) is 1. The fraction of sp³-hybridized carbons (Fsp3) is 0.680. The van der Waals surface area contributed by atoms with Crippen molar-refractivity contribution < 1.29 is 43.2 Å². The Hall–Kier alpha value is -4.16. The number of amides is 2. The van der Waals surface area contributed by atoms with Gasteiger partial charge in [-0.25, -0.2) is 9.59 Å². The zero-order chi connectivity index (χ0) is 45.8. The summed E-state index contributed by atoms with van der Waals surface area (Å²) in [5.74, 6) is -1.58. The summed E-state index contributed by atoms with van der Waals surface area (Å²) in [5.41, 5.74) is 1.69. The van der Waals surface area contributed by atoms with E-state index in [1.165, 1.54) is 0 Å². The van der Waals surface area contributed by atoms with E-state index in [9.17, 15) is 24.3 Å². The van der Waals surface area contributed by atoms with Crippen LogP contribution in [0.15, 0.2) is 48.5 Å². The van der Waals surface area contributed by atoms with Crippen LogP contribution >= 0.6 is 0 Å². The summed E-state index contributed by atoms with van der Waals surface area (Å²) in [4.78, 5) is 59.3. The second-order valence-electron chi connectivity index (χ2n) is 21.9. The number of esters is 2. The number of likely N-dealkylation sites (tertiary alicyclic amines) is 3. The lowest BCUT2D eigenvalue weighted by Gasteiger charge is -2.38. The van der Waals surface area contributed by atoms with Crippen LogP contribution < -0.4 is 0 Å². The number of benzene rings is 2. The fourth-order valence-electron chi connectivity index (χ4n) is 8.95. The zero-order valence-electron chi connectivity index (χ0n) is 39.6. The van der Waals surface area contributed by atoms with Gasteiger partial charge in [-0.05, 0) is 156 Å². The molecule has 3 fully saturated rings. The van der Waals surface area contributed by atoms with Crippen LogP contribution in [0.1, 0.15) is 137 Å². The molecule has 3 heterocycles. The molecule has 5 rings (SSSR count). The van der Waals surface area contributed by atoms with Crippen molar-refractivity contribution in [2.45, 2.75) is 163 Å². The Balaban J connectivity index is 1.33. The number of ether oxygens (including phenoxy) is 4. The first kappa shape index (κ1) is 48.9. The van der Waals surface area contributed by atoms with Crippen molar-refractivity contribution in [3.8, 4) is 0 Å². The largest absolute Gasteiger partial charge is 0.460 e. The van der Waals surface area contributed by atoms with Crippen molar-refractivity contribution in [3.05, 3.63) is 70.8 Å². The average Bonchev–Trinajstić information content (AvgIpc) is 3.82. The molecule has 3 aliphatic rings. The van der Waals surface area contributed by atoms with E-state index in [0.717, 1.165) is 28.7 Å². The first-order valence-electron chi connectivity index (χ1n) is 22.7. The Morgan fingerprint density at radius 2 is 1.02 bits per heavy atom. The number of carbonyl (C=O) groups excluding carboxylic acids is 4. The summed E-state index contributed by atoms with van der Waals surface area (Å²) in [7, 11) is 0. The predicted molar refractivity (Wildman–Crippen MR) is 239 cm³/mol. The molecule has 3 aliphatic heterocycles. The van der Waals surface area contributed by atoms with Gasteiger partial charge in [0, 0.05) is 45.3 Å². The molecule has 62 heavy (non-hydrogen) atoms. The van der Waals surface area contributed by atoms with Crippen LogP contribution in [0.3, 0.4) is 0 Å². The first-order valence-corrected chi connectivity index (χ1v) is 22.7. The summed E-state index contributed by atoms with van der Waals surface area (Å²) in [6.45, 7) is 25.4. The summed E-state index contributed by atoms with van der Waals surface area (Å²) in [6, 6.07) is 16.8. The molecule has 2 aromatic rings. The van der Waals surface area contributed by atoms with Gasteiger partial charge in [-0.15, -0.1) is 0 Å². The Morgan fingerprint density at radius 3 is 1.48 bits per heavy atom. The van der Waals surface area contributed by atoms with Gasteiger partial charge < -0.3 is 33.9 Å². The van der Waals surface area contributed by atoms with Gasteiger partial charge in [-0.1, -0.05) is 48.5 Å². The van der Waals surface area contributed by atoms with Crippen LogP contribution in [0.4, 0.5) is 9.59 Å². The van der Waals surface area contributed by atoms with E-state index in [2.05, 4.69) is 35.2 Å². The molecule has 344 valence electrons. The maximum absolute atomic E-state index is 13.8. The lowest BCUT2D eigenvalue weighted by molar-refractivity contribution is -0.163. The SMILES string of the molecule is CC(C)(C)OC(=O)[C@@H](Cc1cccc(CN2CC(O)CCC2c2cccc(C[C@H](C(=O)OC(C)(C)C)[C@H]3CCN(C(=O)OC(C)(C)C)C3)c2)c1)[C@H]1CCN(C(=O)OC(C)(C)C)C1. The number of hydrogen-bond donors (Lipinski definition) is 1. The zero-order valence-corrected chi connectivity index (χ0v) is 39.6. The van der Waals surface area contributed by atoms with Crippen molar-refractivity contribution >= 4 is 24.1 Å². The van der Waals surface area contributed by atoms with E-state index in [1.807, 2.05) is 101 Å². The smallest absolute Gasteiger partial charge is 0.410 e. The molecule has 2 unspecified atom stereocenters. The van der Waals surface area contributed by atoms with Crippen molar-refractivity contribution in [1.82, 2.24) is 14.7 Å². The summed E-state index contributed by atoms with van der Waals surface area (Å²) >= 11 is 0. The van der Waals surface area contributed by atoms with Gasteiger partial charge in [0.1, 0.15) is 22.4 Å². The van der Waals surface area contributed by atoms with E-state index in [0.29, 0.717) is 71.4 Å². The van der Waals surface area contributed by atoms with E-state index >= 15 is 0 Å². The molecule has 2 aromatic carbocycles. The van der Waals surface area contributed by atoms with Crippen molar-refractivity contribution in [2.24, 2.45) is 23.7 Å². The number of carbonyl (C=O) groups is 4. The minimum absolute atomic E-state index is 0.0305. The normalized spacial score (nSPS) is 22.5. The van der Waals surface area contributed by atoms with Crippen molar-refractivity contribution in [1.29, 1.82) is 0 Å². The van der Waals surface area contributed by atoms with E-state index in [4.69, 9.17) is 18.9 Å². The van der Waals surface area contributed by atoms with Gasteiger partial charge in [0.15, 0.2) is 0 Å². The Labute approximate surface area is 371 Å². The number of hydrogen-bond acceptors (Lipinski definition) is 10. The molecule has 1 N–H and O–H groups in total. The molecule has 12 heteroatoms. The summed E-state index contributed by atoms with van der Waals surface area (Å²) in [6.07, 6.45) is 2.56. The van der Waals surface area contributed by atoms with Crippen molar-refractivity contribution in [2.75, 3.05) is 32.7 Å². The molecular weight excluding hydrogens is 787 g/mol. The van der Waals surface area contributed by atoms with Gasteiger partial charge in [0.25, 0.3) is 0 Å². The standard InChI is InChI=1S/C50H75N3O9/c1-47(2,3)59-43(55)40(37-21-23-51(30-37)45(57)61-49(7,8)9)27-33-15-13-17-35(25-33)29-53-32-39(54)19-20-42(53)36-18-14-16-34(26-36)28-41(44(56)60-48(4,5)6)38-22-24-52(31-38)46(58)62-50(10,11)12/h13-18,25-26,37-42,54H,19-24,27-32H2,1-12H3/t37-,38-,39?,40-,41-,42?/m0/s1. The molecule has 0 saturated carbocycles. The number of nitrogens with zero attached hydrogens (tertiary/aromatic N) is 3. The van der Waals surface area contributed by atoms with E-state index in [-0.39, 0.29) is 42.0 Å². The maximum atomic E-state index is 13.8. The second kappa shape index (κ2) is 19.7. The second-order valence-corrected chi connectivity index (χ2v) is 21.9. The number of aliphatic hydroxyl groups excluding tert-OH is 1. The molecule has 12 nitrogen and oxygen atoms in total. The number of piperidine rings is 1. The van der Waals surface area contributed by atoms with Gasteiger partial charge in [0.05, 0.1) is 17.9 Å². The highest BCUT2D eigenvalue weighted by Gasteiger charge is 2.41. The highest BCUT2D eigenvalue weighted by Crippen LogP contribution is 2.36. The molecule has 0 radical (unpaired) electrons. The molecule has 0 bridgehead atoms. The van der Waals surface area contributed by atoms with Crippen LogP contribution in [0.2, 0.25) is 0 Å². The Kier molecular flexibility index (Phi) is 15.5.